The van der Waals surface area contributed by atoms with E-state index in [0.717, 1.165) is 11.1 Å². The van der Waals surface area contributed by atoms with Crippen LogP contribution >= 0.6 is 23.2 Å². The van der Waals surface area contributed by atoms with Crippen LogP contribution in [0, 0.1) is 0 Å². The number of halogens is 2. The molecule has 1 N–H and O–H groups in total. The van der Waals surface area contributed by atoms with Gasteiger partial charge in [0, 0.05) is 15.6 Å². The minimum atomic E-state index is -0.198. The smallest absolute Gasteiger partial charge is 0.244 e. The number of nitrogens with one attached hydrogen (secondary N) is 1. The zero-order valence-electron chi connectivity index (χ0n) is 10.5. The number of amides is 1. The van der Waals surface area contributed by atoms with Crippen molar-refractivity contribution in [2.24, 2.45) is 5.10 Å². The molecule has 0 unspecified atom stereocenters. The number of benzene rings is 2. The zero-order valence-corrected chi connectivity index (χ0v) is 12.0. The Balaban J connectivity index is 1.89. The normalized spacial score (nSPS) is 10.7. The van der Waals surface area contributed by atoms with E-state index in [9.17, 15) is 4.79 Å². The average molecular weight is 307 g/mol. The highest BCUT2D eigenvalue weighted by atomic mass is 35.5. The van der Waals surface area contributed by atoms with Crippen molar-refractivity contribution in [3.63, 3.8) is 0 Å². The fourth-order valence-electron chi connectivity index (χ4n) is 1.58. The highest BCUT2D eigenvalue weighted by Crippen LogP contribution is 2.12. The summed E-state index contributed by atoms with van der Waals surface area (Å²) in [5, 5.41) is 5.11. The summed E-state index contributed by atoms with van der Waals surface area (Å²) in [7, 11) is 0. The van der Waals surface area contributed by atoms with Crippen molar-refractivity contribution in [2.45, 2.75) is 6.42 Å². The highest BCUT2D eigenvalue weighted by molar-refractivity contribution is 6.33. The molecule has 0 aliphatic carbocycles. The van der Waals surface area contributed by atoms with Crippen LogP contribution in [-0.2, 0) is 11.2 Å². The molecule has 0 atom stereocenters. The number of rotatable bonds is 4. The number of hydrazone groups is 1. The lowest BCUT2D eigenvalue weighted by Crippen LogP contribution is -2.19. The summed E-state index contributed by atoms with van der Waals surface area (Å²) >= 11 is 11.7. The van der Waals surface area contributed by atoms with E-state index in [1.54, 1.807) is 30.3 Å². The first-order chi connectivity index (χ1) is 9.65. The van der Waals surface area contributed by atoms with Crippen LogP contribution in [0.5, 0.6) is 0 Å². The van der Waals surface area contributed by atoms with Crippen LogP contribution in [0.4, 0.5) is 0 Å². The summed E-state index contributed by atoms with van der Waals surface area (Å²) in [6, 6.07) is 14.4. The van der Waals surface area contributed by atoms with Gasteiger partial charge in [0.2, 0.25) is 5.91 Å². The monoisotopic (exact) mass is 306 g/mol. The Hall–Kier alpha value is -1.84. The van der Waals surface area contributed by atoms with Crippen LogP contribution in [0.1, 0.15) is 11.1 Å². The standard InChI is InChI=1S/C15H12Cl2N2O/c16-13-7-5-11(6-8-13)9-15(20)19-18-10-12-3-1-2-4-14(12)17/h1-8,10H,9H2,(H,19,20)/b18-10+. The number of nitrogens with zero attached hydrogens (tertiary/aromatic N) is 1. The minimum Gasteiger partial charge on any atom is -0.273 e. The van der Waals surface area contributed by atoms with E-state index >= 15 is 0 Å². The van der Waals surface area contributed by atoms with Crippen LogP contribution in [0.2, 0.25) is 10.0 Å². The summed E-state index contributed by atoms with van der Waals surface area (Å²) in [5.41, 5.74) is 4.09. The molecule has 0 bridgehead atoms. The first kappa shape index (κ1) is 14.6. The Kier molecular flexibility index (Phi) is 5.16. The van der Waals surface area contributed by atoms with Crippen molar-refractivity contribution in [1.82, 2.24) is 5.43 Å². The van der Waals surface area contributed by atoms with Gasteiger partial charge in [0.05, 0.1) is 12.6 Å². The molecular formula is C15H12Cl2N2O. The number of carbonyl (C=O) groups is 1. The first-order valence-electron chi connectivity index (χ1n) is 5.96. The quantitative estimate of drug-likeness (QED) is 0.679. The maximum atomic E-state index is 11.7. The van der Waals surface area contributed by atoms with E-state index in [-0.39, 0.29) is 12.3 Å². The largest absolute Gasteiger partial charge is 0.273 e. The predicted molar refractivity (Wildman–Crippen MR) is 82.3 cm³/mol. The Bertz CT molecular complexity index is 624. The van der Waals surface area contributed by atoms with Gasteiger partial charge in [0.1, 0.15) is 0 Å². The van der Waals surface area contributed by atoms with Crippen LogP contribution in [0.25, 0.3) is 0 Å². The third-order valence-corrected chi connectivity index (χ3v) is 3.17. The van der Waals surface area contributed by atoms with E-state index in [4.69, 9.17) is 23.2 Å². The second-order valence-electron chi connectivity index (χ2n) is 4.12. The molecule has 3 nitrogen and oxygen atoms in total. The fourth-order valence-corrected chi connectivity index (χ4v) is 1.89. The van der Waals surface area contributed by atoms with Crippen molar-refractivity contribution < 1.29 is 4.79 Å². The summed E-state index contributed by atoms with van der Waals surface area (Å²) in [6.07, 6.45) is 1.76. The molecule has 0 aliphatic heterocycles. The second kappa shape index (κ2) is 7.08. The molecule has 2 rings (SSSR count). The highest BCUT2D eigenvalue weighted by Gasteiger charge is 2.02. The van der Waals surface area contributed by atoms with Crippen LogP contribution < -0.4 is 5.43 Å². The Morgan fingerprint density at radius 1 is 1.10 bits per heavy atom. The van der Waals surface area contributed by atoms with Gasteiger partial charge in [-0.1, -0.05) is 53.5 Å². The molecule has 0 aliphatic rings. The number of hydrogen-bond acceptors (Lipinski definition) is 2. The molecule has 2 aromatic carbocycles. The molecule has 2 aromatic rings. The average Bonchev–Trinajstić information content (AvgIpc) is 2.43. The summed E-state index contributed by atoms with van der Waals surface area (Å²) in [6.45, 7) is 0. The van der Waals surface area contributed by atoms with Gasteiger partial charge in [0.25, 0.3) is 0 Å². The molecule has 5 heteroatoms. The fraction of sp³-hybridized carbons (Fsp3) is 0.0667. The third-order valence-electron chi connectivity index (χ3n) is 2.58. The topological polar surface area (TPSA) is 41.5 Å². The molecule has 0 heterocycles. The van der Waals surface area contributed by atoms with Gasteiger partial charge in [-0.05, 0) is 23.8 Å². The van der Waals surface area contributed by atoms with Gasteiger partial charge < -0.3 is 0 Å². The molecule has 0 radical (unpaired) electrons. The lowest BCUT2D eigenvalue weighted by atomic mass is 10.1. The van der Waals surface area contributed by atoms with E-state index in [1.165, 1.54) is 6.21 Å². The van der Waals surface area contributed by atoms with Gasteiger partial charge in [-0.3, -0.25) is 4.79 Å². The summed E-state index contributed by atoms with van der Waals surface area (Å²) in [4.78, 5) is 11.7. The Morgan fingerprint density at radius 2 is 1.80 bits per heavy atom. The first-order valence-corrected chi connectivity index (χ1v) is 6.71. The van der Waals surface area contributed by atoms with E-state index < -0.39 is 0 Å². The predicted octanol–water partition coefficient (Wildman–Crippen LogP) is 3.69. The minimum absolute atomic E-state index is 0.198. The molecule has 20 heavy (non-hydrogen) atoms. The van der Waals surface area contributed by atoms with Crippen LogP contribution in [-0.4, -0.2) is 12.1 Å². The van der Waals surface area contributed by atoms with Gasteiger partial charge in [0.15, 0.2) is 0 Å². The van der Waals surface area contributed by atoms with Crippen molar-refractivity contribution in [3.05, 3.63) is 69.7 Å². The number of hydrogen-bond donors (Lipinski definition) is 1. The Morgan fingerprint density at radius 3 is 2.50 bits per heavy atom. The molecule has 0 saturated heterocycles. The van der Waals surface area contributed by atoms with E-state index in [1.807, 2.05) is 18.2 Å². The van der Waals surface area contributed by atoms with Crippen LogP contribution in [0.15, 0.2) is 53.6 Å². The molecule has 1 amide bonds. The van der Waals surface area contributed by atoms with Crippen molar-refractivity contribution in [1.29, 1.82) is 0 Å². The van der Waals surface area contributed by atoms with Crippen molar-refractivity contribution in [3.8, 4) is 0 Å². The molecule has 102 valence electrons. The Labute approximate surface area is 127 Å². The van der Waals surface area contributed by atoms with Crippen LogP contribution in [0.3, 0.4) is 0 Å². The van der Waals surface area contributed by atoms with Gasteiger partial charge in [-0.15, -0.1) is 0 Å². The lowest BCUT2D eigenvalue weighted by Gasteiger charge is -2.01. The van der Waals surface area contributed by atoms with Crippen molar-refractivity contribution in [2.75, 3.05) is 0 Å². The molecule has 0 saturated carbocycles. The van der Waals surface area contributed by atoms with E-state index in [0.29, 0.717) is 10.0 Å². The second-order valence-corrected chi connectivity index (χ2v) is 4.96. The summed E-state index contributed by atoms with van der Waals surface area (Å²) < 4.78 is 0. The van der Waals surface area contributed by atoms with Gasteiger partial charge in [-0.25, -0.2) is 5.43 Å². The number of carbonyl (C=O) groups excluding carboxylic acids is 1. The van der Waals surface area contributed by atoms with Gasteiger partial charge >= 0.3 is 0 Å². The lowest BCUT2D eigenvalue weighted by molar-refractivity contribution is -0.120. The van der Waals surface area contributed by atoms with Crippen molar-refractivity contribution >= 4 is 35.3 Å². The maximum absolute atomic E-state index is 11.7. The molecular weight excluding hydrogens is 295 g/mol. The molecule has 0 aromatic heterocycles. The molecule has 0 spiro atoms. The maximum Gasteiger partial charge on any atom is 0.244 e. The third kappa shape index (κ3) is 4.37. The van der Waals surface area contributed by atoms with E-state index in [2.05, 4.69) is 10.5 Å². The SMILES string of the molecule is O=C(Cc1ccc(Cl)cc1)N/N=C/c1ccccc1Cl. The van der Waals surface area contributed by atoms with Gasteiger partial charge in [-0.2, -0.15) is 5.10 Å². The summed E-state index contributed by atoms with van der Waals surface area (Å²) in [5.74, 6) is -0.198. The zero-order chi connectivity index (χ0) is 14.4. The molecule has 0 fully saturated rings.